The molecular formula is C23H20F2N2O. The zero-order chi connectivity index (χ0) is 19.5. The summed E-state index contributed by atoms with van der Waals surface area (Å²) < 4.78 is 26.6. The number of hydrogen-bond donors (Lipinski definition) is 0. The van der Waals surface area contributed by atoms with Gasteiger partial charge in [0, 0.05) is 24.2 Å². The van der Waals surface area contributed by atoms with Gasteiger partial charge in [0.15, 0.2) is 0 Å². The van der Waals surface area contributed by atoms with Crippen molar-refractivity contribution in [1.82, 2.24) is 9.88 Å². The second-order valence-corrected chi connectivity index (χ2v) is 7.02. The van der Waals surface area contributed by atoms with Crippen LogP contribution in [0, 0.1) is 11.6 Å². The highest BCUT2D eigenvalue weighted by atomic mass is 19.1. The van der Waals surface area contributed by atoms with Crippen LogP contribution >= 0.6 is 0 Å². The van der Waals surface area contributed by atoms with E-state index in [1.807, 2.05) is 29.2 Å². The Morgan fingerprint density at radius 1 is 1.00 bits per heavy atom. The van der Waals surface area contributed by atoms with Crippen molar-refractivity contribution in [1.29, 1.82) is 0 Å². The fraction of sp³-hybridized carbons (Fsp3) is 0.217. The maximum atomic E-state index is 13.4. The molecule has 0 bridgehead atoms. The fourth-order valence-corrected chi connectivity index (χ4v) is 3.71. The van der Waals surface area contributed by atoms with Crippen molar-refractivity contribution >= 4 is 5.91 Å². The van der Waals surface area contributed by atoms with Gasteiger partial charge in [-0.1, -0.05) is 18.2 Å². The van der Waals surface area contributed by atoms with E-state index in [2.05, 4.69) is 0 Å². The summed E-state index contributed by atoms with van der Waals surface area (Å²) in [6, 6.07) is 17.8. The predicted molar refractivity (Wildman–Crippen MR) is 103 cm³/mol. The Morgan fingerprint density at radius 2 is 1.79 bits per heavy atom. The second-order valence-electron chi connectivity index (χ2n) is 7.02. The van der Waals surface area contributed by atoms with E-state index >= 15 is 0 Å². The number of halogens is 2. The minimum absolute atomic E-state index is 0.106. The van der Waals surface area contributed by atoms with Gasteiger partial charge >= 0.3 is 0 Å². The van der Waals surface area contributed by atoms with E-state index in [1.165, 1.54) is 36.4 Å². The van der Waals surface area contributed by atoms with E-state index in [0.29, 0.717) is 18.5 Å². The van der Waals surface area contributed by atoms with Gasteiger partial charge in [-0.2, -0.15) is 0 Å². The van der Waals surface area contributed by atoms with Crippen LogP contribution < -0.4 is 0 Å². The number of pyridine rings is 1. The summed E-state index contributed by atoms with van der Waals surface area (Å²) >= 11 is 0. The quantitative estimate of drug-likeness (QED) is 0.645. The lowest BCUT2D eigenvalue weighted by molar-refractivity contribution is 0.0732. The molecule has 3 aromatic rings. The topological polar surface area (TPSA) is 33.2 Å². The Balaban J connectivity index is 1.56. The summed E-state index contributed by atoms with van der Waals surface area (Å²) in [6.07, 6.45) is 2.26. The van der Waals surface area contributed by atoms with Gasteiger partial charge in [-0.15, -0.1) is 0 Å². The standard InChI is InChI=1S/C23H20F2N2O/c24-18-11-9-17(10-12-18)23(28)27-13-3-8-22(27)21-7-2-6-20(26-21)15-16-4-1-5-19(25)14-16/h1-2,4-7,9-12,14,22H,3,8,13,15H2/t22-/m1/s1. The van der Waals surface area contributed by atoms with Crippen LogP contribution in [0.3, 0.4) is 0 Å². The lowest BCUT2D eigenvalue weighted by Crippen LogP contribution is -2.31. The Hall–Kier alpha value is -3.08. The number of likely N-dealkylation sites (tertiary alicyclic amines) is 1. The monoisotopic (exact) mass is 378 g/mol. The molecule has 1 amide bonds. The third kappa shape index (κ3) is 3.93. The molecule has 0 spiro atoms. The van der Waals surface area contributed by atoms with E-state index < -0.39 is 0 Å². The Morgan fingerprint density at radius 3 is 2.57 bits per heavy atom. The fourth-order valence-electron chi connectivity index (χ4n) is 3.71. The summed E-state index contributed by atoms with van der Waals surface area (Å²) in [5.41, 5.74) is 3.01. The van der Waals surface area contributed by atoms with Gasteiger partial charge in [-0.3, -0.25) is 9.78 Å². The van der Waals surface area contributed by atoms with Crippen molar-refractivity contribution in [3.8, 4) is 0 Å². The van der Waals surface area contributed by atoms with Gasteiger partial charge in [0.25, 0.3) is 5.91 Å². The van der Waals surface area contributed by atoms with E-state index in [-0.39, 0.29) is 23.6 Å². The van der Waals surface area contributed by atoms with Gasteiger partial charge in [-0.25, -0.2) is 8.78 Å². The van der Waals surface area contributed by atoms with Gasteiger partial charge < -0.3 is 4.90 Å². The maximum absolute atomic E-state index is 13.4. The molecule has 4 rings (SSSR count). The average Bonchev–Trinajstić information content (AvgIpc) is 3.18. The first-order valence-electron chi connectivity index (χ1n) is 9.37. The van der Waals surface area contributed by atoms with Crippen molar-refractivity contribution in [3.63, 3.8) is 0 Å². The van der Waals surface area contributed by atoms with E-state index in [0.717, 1.165) is 29.8 Å². The number of amides is 1. The van der Waals surface area contributed by atoms with Crippen molar-refractivity contribution in [2.24, 2.45) is 0 Å². The lowest BCUT2D eigenvalue weighted by atomic mass is 10.1. The van der Waals surface area contributed by atoms with Crippen LogP contribution in [-0.4, -0.2) is 22.3 Å². The van der Waals surface area contributed by atoms with E-state index in [4.69, 9.17) is 4.98 Å². The Bertz CT molecular complexity index is 988. The Kier molecular flexibility index (Phi) is 5.15. The number of rotatable bonds is 4. The summed E-state index contributed by atoms with van der Waals surface area (Å²) in [5, 5.41) is 0. The first-order valence-corrected chi connectivity index (χ1v) is 9.37. The molecule has 142 valence electrons. The summed E-state index contributed by atoms with van der Waals surface area (Å²) in [5.74, 6) is -0.735. The number of carbonyl (C=O) groups excluding carboxylic acids is 1. The van der Waals surface area contributed by atoms with Crippen molar-refractivity contribution in [2.45, 2.75) is 25.3 Å². The Labute approximate surface area is 162 Å². The maximum Gasteiger partial charge on any atom is 0.254 e. The molecule has 2 aromatic carbocycles. The van der Waals surface area contributed by atoms with Crippen LogP contribution in [0.15, 0.2) is 66.7 Å². The van der Waals surface area contributed by atoms with E-state index in [9.17, 15) is 13.6 Å². The molecule has 0 radical (unpaired) electrons. The number of benzene rings is 2. The van der Waals surface area contributed by atoms with Crippen LogP contribution in [0.5, 0.6) is 0 Å². The molecule has 1 aliphatic heterocycles. The normalized spacial score (nSPS) is 16.4. The molecular weight excluding hydrogens is 358 g/mol. The number of aromatic nitrogens is 1. The minimum atomic E-state index is -0.360. The first-order chi connectivity index (χ1) is 13.6. The average molecular weight is 378 g/mol. The highest BCUT2D eigenvalue weighted by Gasteiger charge is 2.31. The largest absolute Gasteiger partial charge is 0.330 e. The molecule has 28 heavy (non-hydrogen) atoms. The summed E-state index contributed by atoms with van der Waals surface area (Å²) in [6.45, 7) is 0.649. The number of hydrogen-bond acceptors (Lipinski definition) is 2. The molecule has 1 aromatic heterocycles. The SMILES string of the molecule is O=C(c1ccc(F)cc1)N1CCC[C@@H]1c1cccc(Cc2cccc(F)c2)n1. The van der Waals surface area contributed by atoms with Gasteiger partial charge in [0.1, 0.15) is 11.6 Å². The molecule has 0 aliphatic carbocycles. The molecule has 1 atom stereocenters. The van der Waals surface area contributed by atoms with Crippen molar-refractivity contribution in [3.05, 3.63) is 101 Å². The van der Waals surface area contributed by atoms with Gasteiger partial charge in [0.05, 0.1) is 11.7 Å². The third-order valence-electron chi connectivity index (χ3n) is 5.05. The minimum Gasteiger partial charge on any atom is -0.330 e. The molecule has 0 N–H and O–H groups in total. The molecule has 1 aliphatic rings. The van der Waals surface area contributed by atoms with Crippen LogP contribution in [0.1, 0.15) is 46.2 Å². The molecule has 0 saturated carbocycles. The van der Waals surface area contributed by atoms with Gasteiger partial charge in [0.2, 0.25) is 0 Å². The zero-order valence-corrected chi connectivity index (χ0v) is 15.3. The first kappa shape index (κ1) is 18.3. The van der Waals surface area contributed by atoms with Crippen molar-refractivity contribution < 1.29 is 13.6 Å². The molecule has 1 fully saturated rings. The van der Waals surface area contributed by atoms with Crippen LogP contribution in [0.4, 0.5) is 8.78 Å². The molecule has 2 heterocycles. The smallest absolute Gasteiger partial charge is 0.254 e. The van der Waals surface area contributed by atoms with Crippen LogP contribution in [-0.2, 0) is 6.42 Å². The summed E-state index contributed by atoms with van der Waals surface area (Å²) in [4.78, 5) is 19.4. The number of carbonyl (C=O) groups is 1. The molecule has 5 heteroatoms. The highest BCUT2D eigenvalue weighted by Crippen LogP contribution is 2.32. The summed E-state index contributed by atoms with van der Waals surface area (Å²) in [7, 11) is 0. The predicted octanol–water partition coefficient (Wildman–Crippen LogP) is 4.93. The van der Waals surface area contributed by atoms with Gasteiger partial charge in [-0.05, 0) is 66.9 Å². The van der Waals surface area contributed by atoms with Crippen LogP contribution in [0.2, 0.25) is 0 Å². The molecule has 3 nitrogen and oxygen atoms in total. The molecule has 1 saturated heterocycles. The molecule has 0 unspecified atom stereocenters. The van der Waals surface area contributed by atoms with E-state index in [1.54, 1.807) is 6.07 Å². The number of nitrogens with zero attached hydrogens (tertiary/aromatic N) is 2. The van der Waals surface area contributed by atoms with Crippen LogP contribution in [0.25, 0.3) is 0 Å². The van der Waals surface area contributed by atoms with Crippen molar-refractivity contribution in [2.75, 3.05) is 6.54 Å². The zero-order valence-electron chi connectivity index (χ0n) is 15.3. The third-order valence-corrected chi connectivity index (χ3v) is 5.05. The lowest BCUT2D eigenvalue weighted by Gasteiger charge is -2.25. The highest BCUT2D eigenvalue weighted by molar-refractivity contribution is 5.94. The second kappa shape index (κ2) is 7.89.